The Morgan fingerprint density at radius 1 is 1.19 bits per heavy atom. The third kappa shape index (κ3) is 4.86. The minimum atomic E-state index is -0.465. The van der Waals surface area contributed by atoms with E-state index in [1.165, 1.54) is 11.8 Å². The Labute approximate surface area is 156 Å². The zero-order chi connectivity index (χ0) is 18.4. The van der Waals surface area contributed by atoms with E-state index in [0.717, 1.165) is 17.0 Å². The van der Waals surface area contributed by atoms with Gasteiger partial charge in [-0.3, -0.25) is 19.9 Å². The number of benzene rings is 2. The van der Waals surface area contributed by atoms with E-state index in [1.807, 2.05) is 54.6 Å². The Bertz CT molecular complexity index is 807. The van der Waals surface area contributed by atoms with E-state index >= 15 is 0 Å². The first-order valence-electron chi connectivity index (χ1n) is 8.14. The number of ether oxygens (including phenoxy) is 1. The molecule has 1 aliphatic heterocycles. The van der Waals surface area contributed by atoms with Gasteiger partial charge in [-0.15, -0.1) is 0 Å². The van der Waals surface area contributed by atoms with Crippen molar-refractivity contribution in [2.75, 3.05) is 12.4 Å². The number of hydrogen-bond donors (Lipinski definition) is 2. The summed E-state index contributed by atoms with van der Waals surface area (Å²) in [6.07, 6.45) is 0.168. The molecule has 26 heavy (non-hydrogen) atoms. The lowest BCUT2D eigenvalue weighted by molar-refractivity contribution is -0.124. The van der Waals surface area contributed by atoms with Crippen molar-refractivity contribution in [3.05, 3.63) is 60.2 Å². The Morgan fingerprint density at radius 3 is 2.54 bits per heavy atom. The van der Waals surface area contributed by atoms with Crippen molar-refractivity contribution >= 4 is 34.4 Å². The second-order valence-electron chi connectivity index (χ2n) is 5.68. The average Bonchev–Trinajstić information content (AvgIpc) is 2.98. The molecule has 0 bridgehead atoms. The Morgan fingerprint density at radius 2 is 1.92 bits per heavy atom. The molecule has 2 N–H and O–H groups in total. The van der Waals surface area contributed by atoms with Crippen LogP contribution in [0, 0.1) is 0 Å². The van der Waals surface area contributed by atoms with E-state index in [9.17, 15) is 9.59 Å². The molecule has 1 saturated heterocycles. The minimum Gasteiger partial charge on any atom is -0.497 e. The Hall–Kier alpha value is -2.80. The minimum absolute atomic E-state index is 0.168. The van der Waals surface area contributed by atoms with Gasteiger partial charge in [-0.1, -0.05) is 42.1 Å². The number of hydrogen-bond acceptors (Lipinski definition) is 5. The predicted octanol–water partition coefficient (Wildman–Crippen LogP) is 2.81. The van der Waals surface area contributed by atoms with Crippen molar-refractivity contribution in [3.8, 4) is 5.75 Å². The second-order valence-corrected chi connectivity index (χ2v) is 6.87. The number of para-hydroxylation sites is 1. The van der Waals surface area contributed by atoms with Crippen LogP contribution >= 0.6 is 11.8 Å². The summed E-state index contributed by atoms with van der Waals surface area (Å²) >= 11 is 1.27. The summed E-state index contributed by atoms with van der Waals surface area (Å²) in [5.41, 5.74) is 1.89. The van der Waals surface area contributed by atoms with Crippen LogP contribution in [0.5, 0.6) is 5.75 Å². The number of methoxy groups -OCH3 is 1. The molecule has 6 nitrogen and oxygen atoms in total. The second kappa shape index (κ2) is 8.53. The molecule has 1 atom stereocenters. The smallest absolute Gasteiger partial charge is 0.240 e. The van der Waals surface area contributed by atoms with Gasteiger partial charge in [-0.25, -0.2) is 0 Å². The molecule has 0 saturated carbocycles. The highest BCUT2D eigenvalue weighted by Gasteiger charge is 2.32. The van der Waals surface area contributed by atoms with Gasteiger partial charge in [0.25, 0.3) is 0 Å². The summed E-state index contributed by atoms with van der Waals surface area (Å²) in [5.74, 6) is 0.268. The van der Waals surface area contributed by atoms with Crippen LogP contribution in [0.2, 0.25) is 0 Å². The number of aliphatic imine (C=N–C) groups is 1. The fourth-order valence-corrected chi connectivity index (χ4v) is 3.39. The summed E-state index contributed by atoms with van der Waals surface area (Å²) in [7, 11) is 1.62. The maximum Gasteiger partial charge on any atom is 0.240 e. The summed E-state index contributed by atoms with van der Waals surface area (Å²) in [6.45, 7) is 0.453. The third-order valence-corrected chi connectivity index (χ3v) is 4.89. The highest BCUT2D eigenvalue weighted by molar-refractivity contribution is 8.15. The van der Waals surface area contributed by atoms with Crippen LogP contribution in [0.1, 0.15) is 12.0 Å². The van der Waals surface area contributed by atoms with Gasteiger partial charge >= 0.3 is 0 Å². The van der Waals surface area contributed by atoms with Crippen LogP contribution in [0.25, 0.3) is 0 Å². The van der Waals surface area contributed by atoms with Crippen LogP contribution in [-0.2, 0) is 16.1 Å². The first-order valence-corrected chi connectivity index (χ1v) is 9.02. The van der Waals surface area contributed by atoms with E-state index in [0.29, 0.717) is 11.7 Å². The standard InChI is InChI=1S/C19H19N3O3S/c1-25-15-9-7-13(8-10-15)12-20-19(21-14-5-3-2-4-6-14)26-16-11-17(23)22-18(16)24/h2-10,16H,11-12H2,1H3,(H,20,21)(H,22,23,24)/t16-/m1/s1. The van der Waals surface area contributed by atoms with Crippen LogP contribution in [-0.4, -0.2) is 29.3 Å². The molecular formula is C19H19N3O3S. The average molecular weight is 369 g/mol. The fraction of sp³-hybridized carbons (Fsp3) is 0.211. The molecule has 2 amide bonds. The van der Waals surface area contributed by atoms with Gasteiger partial charge in [0.05, 0.1) is 13.7 Å². The number of thioether (sulfide) groups is 1. The summed E-state index contributed by atoms with van der Waals surface area (Å²) in [5, 5.41) is 5.69. The predicted molar refractivity (Wildman–Crippen MR) is 103 cm³/mol. The first-order chi connectivity index (χ1) is 12.6. The van der Waals surface area contributed by atoms with Gasteiger partial charge in [0.2, 0.25) is 11.8 Å². The molecule has 0 unspecified atom stereocenters. The van der Waals surface area contributed by atoms with Crippen molar-refractivity contribution < 1.29 is 14.3 Å². The number of carbonyl (C=O) groups excluding carboxylic acids is 2. The molecule has 1 fully saturated rings. The van der Waals surface area contributed by atoms with Crippen molar-refractivity contribution in [2.24, 2.45) is 4.99 Å². The van der Waals surface area contributed by atoms with Crippen molar-refractivity contribution in [1.82, 2.24) is 5.32 Å². The summed E-state index contributed by atoms with van der Waals surface area (Å²) in [4.78, 5) is 27.9. The van der Waals surface area contributed by atoms with E-state index in [1.54, 1.807) is 7.11 Å². The van der Waals surface area contributed by atoms with Crippen molar-refractivity contribution in [3.63, 3.8) is 0 Å². The number of carbonyl (C=O) groups is 2. The molecule has 0 radical (unpaired) electrons. The zero-order valence-electron chi connectivity index (χ0n) is 14.3. The first kappa shape index (κ1) is 18.0. The van der Waals surface area contributed by atoms with Crippen LogP contribution in [0.3, 0.4) is 0 Å². The number of amides is 2. The Balaban J connectivity index is 1.74. The summed E-state index contributed by atoms with van der Waals surface area (Å²) < 4.78 is 5.16. The molecule has 2 aromatic carbocycles. The third-order valence-electron chi connectivity index (χ3n) is 3.77. The van der Waals surface area contributed by atoms with Crippen LogP contribution in [0.15, 0.2) is 59.6 Å². The zero-order valence-corrected chi connectivity index (χ0v) is 15.1. The maximum absolute atomic E-state index is 11.9. The van der Waals surface area contributed by atoms with E-state index < -0.39 is 5.25 Å². The fourth-order valence-electron chi connectivity index (χ4n) is 2.41. The molecule has 0 aromatic heterocycles. The van der Waals surface area contributed by atoms with Gasteiger partial charge in [-0.2, -0.15) is 0 Å². The van der Waals surface area contributed by atoms with Crippen molar-refractivity contribution in [2.45, 2.75) is 18.2 Å². The van der Waals surface area contributed by atoms with Crippen LogP contribution in [0.4, 0.5) is 5.69 Å². The van der Waals surface area contributed by atoms with Crippen LogP contribution < -0.4 is 15.4 Å². The number of nitrogens with zero attached hydrogens (tertiary/aromatic N) is 1. The number of amidine groups is 1. The molecule has 3 rings (SSSR count). The van der Waals surface area contributed by atoms with E-state index in [2.05, 4.69) is 15.6 Å². The molecule has 134 valence electrons. The molecule has 0 aliphatic carbocycles. The number of imide groups is 1. The van der Waals surface area contributed by atoms with Gasteiger partial charge in [-0.05, 0) is 29.8 Å². The quantitative estimate of drug-likeness (QED) is 0.481. The lowest BCUT2D eigenvalue weighted by atomic mass is 10.2. The van der Waals surface area contributed by atoms with E-state index in [4.69, 9.17) is 4.74 Å². The summed E-state index contributed by atoms with van der Waals surface area (Å²) in [6, 6.07) is 17.2. The Kier molecular flexibility index (Phi) is 5.91. The van der Waals surface area contributed by atoms with E-state index in [-0.39, 0.29) is 18.2 Å². The highest BCUT2D eigenvalue weighted by atomic mass is 32.2. The number of anilines is 1. The lowest BCUT2D eigenvalue weighted by Gasteiger charge is -2.12. The topological polar surface area (TPSA) is 79.8 Å². The number of nitrogens with one attached hydrogen (secondary N) is 2. The van der Waals surface area contributed by atoms with Gasteiger partial charge in [0.1, 0.15) is 11.0 Å². The maximum atomic E-state index is 11.9. The highest BCUT2D eigenvalue weighted by Crippen LogP contribution is 2.23. The monoisotopic (exact) mass is 369 g/mol. The lowest BCUT2D eigenvalue weighted by Crippen LogP contribution is -2.25. The van der Waals surface area contributed by atoms with Crippen molar-refractivity contribution in [1.29, 1.82) is 0 Å². The molecule has 7 heteroatoms. The SMILES string of the molecule is COc1ccc(CN=C(Nc2ccccc2)S[C@@H]2CC(=O)NC2=O)cc1. The van der Waals surface area contributed by atoms with Gasteiger partial charge in [0.15, 0.2) is 5.17 Å². The van der Waals surface area contributed by atoms with Gasteiger partial charge < -0.3 is 10.1 Å². The molecule has 2 aromatic rings. The largest absolute Gasteiger partial charge is 0.497 e. The molecule has 1 aliphatic rings. The molecule has 0 spiro atoms. The number of rotatable bonds is 5. The molecular weight excluding hydrogens is 350 g/mol. The molecule has 1 heterocycles. The van der Waals surface area contributed by atoms with Gasteiger partial charge in [0, 0.05) is 12.1 Å². The normalized spacial score (nSPS) is 17.1.